The third-order valence-electron chi connectivity index (χ3n) is 3.59. The van der Waals surface area contributed by atoms with Gasteiger partial charge in [0.05, 0.1) is 4.99 Å². The van der Waals surface area contributed by atoms with Crippen LogP contribution in [0.3, 0.4) is 0 Å². The Morgan fingerprint density at radius 1 is 1.50 bits per heavy atom. The van der Waals surface area contributed by atoms with Crippen LogP contribution in [0.4, 0.5) is 0 Å². The van der Waals surface area contributed by atoms with Gasteiger partial charge in [0.15, 0.2) is 0 Å². The molecule has 2 atom stereocenters. The molecule has 4 heteroatoms. The lowest BCUT2D eigenvalue weighted by atomic mass is 10.2. The first-order chi connectivity index (χ1) is 7.58. The van der Waals surface area contributed by atoms with Gasteiger partial charge in [-0.25, -0.2) is 0 Å². The summed E-state index contributed by atoms with van der Waals surface area (Å²) in [5.41, 5.74) is 5.66. The fourth-order valence-corrected chi connectivity index (χ4v) is 2.57. The number of nitrogens with zero attached hydrogens (tertiary/aromatic N) is 2. The van der Waals surface area contributed by atoms with Crippen molar-refractivity contribution in [1.82, 2.24) is 9.80 Å². The van der Waals surface area contributed by atoms with E-state index in [4.69, 9.17) is 18.0 Å². The minimum Gasteiger partial charge on any atom is -0.393 e. The smallest absolute Gasteiger partial charge is 0.0768 e. The first-order valence-electron chi connectivity index (χ1n) is 6.34. The maximum Gasteiger partial charge on any atom is 0.0768 e. The van der Waals surface area contributed by atoms with Crippen molar-refractivity contribution in [1.29, 1.82) is 0 Å². The van der Waals surface area contributed by atoms with E-state index in [-0.39, 0.29) is 0 Å². The maximum absolute atomic E-state index is 5.66. The SMILES string of the molecule is CCN(CC)C1CCN(CC(C)C(N)=S)C1. The molecule has 1 heterocycles. The molecule has 16 heavy (non-hydrogen) atoms. The monoisotopic (exact) mass is 243 g/mol. The van der Waals surface area contributed by atoms with E-state index in [9.17, 15) is 0 Å². The van der Waals surface area contributed by atoms with Crippen molar-refractivity contribution in [3.8, 4) is 0 Å². The van der Waals surface area contributed by atoms with Gasteiger partial charge in [0, 0.05) is 25.0 Å². The van der Waals surface area contributed by atoms with Gasteiger partial charge in [-0.15, -0.1) is 0 Å². The Morgan fingerprint density at radius 3 is 2.62 bits per heavy atom. The van der Waals surface area contributed by atoms with Gasteiger partial charge in [0.25, 0.3) is 0 Å². The van der Waals surface area contributed by atoms with E-state index in [2.05, 4.69) is 30.6 Å². The second-order valence-corrected chi connectivity index (χ2v) is 5.20. The molecule has 3 nitrogen and oxygen atoms in total. The molecule has 94 valence electrons. The molecule has 1 aliphatic heterocycles. The number of hydrogen-bond donors (Lipinski definition) is 1. The molecule has 0 radical (unpaired) electrons. The summed E-state index contributed by atoms with van der Waals surface area (Å²) in [6.45, 7) is 12.3. The topological polar surface area (TPSA) is 32.5 Å². The fraction of sp³-hybridized carbons (Fsp3) is 0.917. The van der Waals surface area contributed by atoms with Crippen LogP contribution in [-0.2, 0) is 0 Å². The molecular formula is C12H25N3S. The molecule has 1 fully saturated rings. The van der Waals surface area contributed by atoms with Crippen LogP contribution in [0.25, 0.3) is 0 Å². The lowest BCUT2D eigenvalue weighted by Gasteiger charge is -2.26. The average molecular weight is 243 g/mol. The lowest BCUT2D eigenvalue weighted by Crippen LogP contribution is -2.39. The van der Waals surface area contributed by atoms with E-state index in [0.717, 1.165) is 25.7 Å². The highest BCUT2D eigenvalue weighted by Gasteiger charge is 2.26. The summed E-state index contributed by atoms with van der Waals surface area (Å²) in [5, 5.41) is 0. The van der Waals surface area contributed by atoms with Gasteiger partial charge in [-0.3, -0.25) is 4.90 Å². The number of likely N-dealkylation sites (tertiary alicyclic amines) is 1. The van der Waals surface area contributed by atoms with Crippen molar-refractivity contribution in [2.75, 3.05) is 32.7 Å². The Labute approximate surface area is 105 Å². The molecular weight excluding hydrogens is 218 g/mol. The van der Waals surface area contributed by atoms with Gasteiger partial charge < -0.3 is 10.6 Å². The third kappa shape index (κ3) is 3.68. The summed E-state index contributed by atoms with van der Waals surface area (Å²) in [6.07, 6.45) is 1.28. The zero-order valence-electron chi connectivity index (χ0n) is 10.8. The molecule has 0 amide bonds. The standard InChI is InChI=1S/C12H25N3S/c1-4-15(5-2)11-6-7-14(9-11)8-10(3)12(13)16/h10-11H,4-9H2,1-3H3,(H2,13,16). The Kier molecular flexibility index (Phi) is 5.66. The van der Waals surface area contributed by atoms with E-state index in [0.29, 0.717) is 10.9 Å². The number of thiocarbonyl (C=S) groups is 1. The number of rotatable bonds is 6. The van der Waals surface area contributed by atoms with Gasteiger partial charge in [-0.05, 0) is 26.1 Å². The van der Waals surface area contributed by atoms with Gasteiger partial charge in [-0.1, -0.05) is 33.0 Å². The highest BCUT2D eigenvalue weighted by atomic mass is 32.1. The molecule has 0 aromatic heterocycles. The Morgan fingerprint density at radius 2 is 2.12 bits per heavy atom. The van der Waals surface area contributed by atoms with Crippen molar-refractivity contribution < 1.29 is 0 Å². The molecule has 0 bridgehead atoms. The Balaban J connectivity index is 2.37. The zero-order chi connectivity index (χ0) is 12.1. The van der Waals surface area contributed by atoms with Crippen LogP contribution < -0.4 is 5.73 Å². The maximum atomic E-state index is 5.66. The van der Waals surface area contributed by atoms with E-state index >= 15 is 0 Å². The molecule has 2 N–H and O–H groups in total. The quantitative estimate of drug-likeness (QED) is 0.713. The molecule has 0 aliphatic carbocycles. The van der Waals surface area contributed by atoms with Crippen LogP contribution in [0, 0.1) is 5.92 Å². The normalized spacial score (nSPS) is 23.9. The molecule has 1 aliphatic rings. The second kappa shape index (κ2) is 6.52. The number of likely N-dealkylation sites (N-methyl/N-ethyl adjacent to an activating group) is 1. The molecule has 1 saturated heterocycles. The summed E-state index contributed by atoms with van der Waals surface area (Å²) in [7, 11) is 0. The Bertz CT molecular complexity index is 228. The highest BCUT2D eigenvalue weighted by molar-refractivity contribution is 7.80. The molecule has 0 aromatic carbocycles. The van der Waals surface area contributed by atoms with Gasteiger partial charge in [-0.2, -0.15) is 0 Å². The molecule has 0 aromatic rings. The predicted molar refractivity (Wildman–Crippen MR) is 73.7 cm³/mol. The third-order valence-corrected chi connectivity index (χ3v) is 4.00. The van der Waals surface area contributed by atoms with Crippen LogP contribution >= 0.6 is 12.2 Å². The first-order valence-corrected chi connectivity index (χ1v) is 6.75. The summed E-state index contributed by atoms with van der Waals surface area (Å²) >= 11 is 5.02. The zero-order valence-corrected chi connectivity index (χ0v) is 11.6. The number of hydrogen-bond acceptors (Lipinski definition) is 3. The van der Waals surface area contributed by atoms with E-state index in [1.165, 1.54) is 19.5 Å². The summed E-state index contributed by atoms with van der Waals surface area (Å²) in [6, 6.07) is 0.730. The summed E-state index contributed by atoms with van der Waals surface area (Å²) in [5.74, 6) is 0.338. The van der Waals surface area contributed by atoms with Crippen LogP contribution in [0.15, 0.2) is 0 Å². The predicted octanol–water partition coefficient (Wildman–Crippen LogP) is 1.32. The van der Waals surface area contributed by atoms with Crippen molar-refractivity contribution in [3.63, 3.8) is 0 Å². The molecule has 1 rings (SSSR count). The van der Waals surface area contributed by atoms with Gasteiger partial charge >= 0.3 is 0 Å². The van der Waals surface area contributed by atoms with Crippen LogP contribution in [0.5, 0.6) is 0 Å². The highest BCUT2D eigenvalue weighted by Crippen LogP contribution is 2.16. The molecule has 2 unspecified atom stereocenters. The fourth-order valence-electron chi connectivity index (χ4n) is 2.49. The van der Waals surface area contributed by atoms with Crippen molar-refractivity contribution in [3.05, 3.63) is 0 Å². The summed E-state index contributed by atoms with van der Waals surface area (Å²) in [4.78, 5) is 5.68. The van der Waals surface area contributed by atoms with E-state index in [1.807, 2.05) is 0 Å². The van der Waals surface area contributed by atoms with Crippen molar-refractivity contribution in [2.45, 2.75) is 33.2 Å². The second-order valence-electron chi connectivity index (χ2n) is 4.73. The largest absolute Gasteiger partial charge is 0.393 e. The van der Waals surface area contributed by atoms with Gasteiger partial charge in [0.2, 0.25) is 0 Å². The first kappa shape index (κ1) is 13.9. The number of nitrogens with two attached hydrogens (primary N) is 1. The van der Waals surface area contributed by atoms with E-state index in [1.54, 1.807) is 0 Å². The lowest BCUT2D eigenvalue weighted by molar-refractivity contribution is 0.208. The van der Waals surface area contributed by atoms with Crippen LogP contribution in [0.1, 0.15) is 27.2 Å². The summed E-state index contributed by atoms with van der Waals surface area (Å²) < 4.78 is 0. The minimum atomic E-state index is 0.338. The van der Waals surface area contributed by atoms with E-state index < -0.39 is 0 Å². The van der Waals surface area contributed by atoms with Gasteiger partial charge in [0.1, 0.15) is 0 Å². The van der Waals surface area contributed by atoms with Crippen molar-refractivity contribution >= 4 is 17.2 Å². The minimum absolute atomic E-state index is 0.338. The molecule has 0 saturated carbocycles. The molecule has 0 spiro atoms. The average Bonchev–Trinajstić information content (AvgIpc) is 2.68. The van der Waals surface area contributed by atoms with Crippen LogP contribution in [0.2, 0.25) is 0 Å². The Hall–Kier alpha value is -0.190. The van der Waals surface area contributed by atoms with Crippen molar-refractivity contribution in [2.24, 2.45) is 11.7 Å². The van der Waals surface area contributed by atoms with Crippen LogP contribution in [-0.4, -0.2) is 53.6 Å².